The van der Waals surface area contributed by atoms with Gasteiger partial charge in [-0.05, 0) is 46.8 Å². The number of hydrogen-bond acceptors (Lipinski definition) is 9. The summed E-state index contributed by atoms with van der Waals surface area (Å²) in [7, 11) is -2.07. The lowest BCUT2D eigenvalue weighted by Crippen LogP contribution is -2.22. The van der Waals surface area contributed by atoms with Crippen molar-refractivity contribution < 1.29 is 18.0 Å². The maximum atomic E-state index is 12.3. The van der Waals surface area contributed by atoms with Gasteiger partial charge >= 0.3 is 0 Å². The van der Waals surface area contributed by atoms with E-state index in [1.165, 1.54) is 22.5 Å². The maximum Gasteiger partial charge on any atom is 0.251 e. The zero-order valence-electron chi connectivity index (χ0n) is 15.6. The van der Waals surface area contributed by atoms with Crippen LogP contribution in [-0.2, 0) is 28.4 Å². The molecule has 0 saturated carbocycles. The number of tetrazole rings is 1. The highest BCUT2D eigenvalue weighted by Crippen LogP contribution is 2.20. The molecule has 1 aromatic carbocycles. The maximum absolute atomic E-state index is 12.3. The number of rotatable bonds is 8. The van der Waals surface area contributed by atoms with Gasteiger partial charge in [-0.1, -0.05) is 11.8 Å². The minimum atomic E-state index is -3.75. The molecule has 0 spiro atoms. The summed E-state index contributed by atoms with van der Waals surface area (Å²) < 4.78 is 24.1. The van der Waals surface area contributed by atoms with Gasteiger partial charge in [0.2, 0.25) is 21.1 Å². The van der Waals surface area contributed by atoms with Gasteiger partial charge in [-0.2, -0.15) is 0 Å². The zero-order chi connectivity index (χ0) is 21.7. The number of thiophene rings is 1. The Labute approximate surface area is 180 Å². The van der Waals surface area contributed by atoms with Crippen molar-refractivity contribution in [2.45, 2.75) is 15.9 Å². The van der Waals surface area contributed by atoms with Gasteiger partial charge in [-0.15, -0.1) is 16.4 Å². The summed E-state index contributed by atoms with van der Waals surface area (Å²) in [5, 5.41) is 22.0. The van der Waals surface area contributed by atoms with E-state index in [4.69, 9.17) is 5.14 Å². The van der Waals surface area contributed by atoms with E-state index in [1.807, 2.05) is 0 Å². The molecule has 2 amide bonds. The highest BCUT2D eigenvalue weighted by molar-refractivity contribution is 7.99. The summed E-state index contributed by atoms with van der Waals surface area (Å²) in [6.07, 6.45) is 0. The summed E-state index contributed by atoms with van der Waals surface area (Å²) in [5.41, 5.74) is 0.944. The molecule has 2 aromatic heterocycles. The van der Waals surface area contributed by atoms with Crippen LogP contribution in [0.4, 0.5) is 5.69 Å². The summed E-state index contributed by atoms with van der Waals surface area (Å²) in [6.45, 7) is 0.172. The van der Waals surface area contributed by atoms with Gasteiger partial charge in [0.1, 0.15) is 4.21 Å². The summed E-state index contributed by atoms with van der Waals surface area (Å²) in [5.74, 6) is -0.426. The number of nitrogens with two attached hydrogens (primary N) is 1. The van der Waals surface area contributed by atoms with Crippen LogP contribution in [0.2, 0.25) is 0 Å². The number of carbonyl (C=O) groups is 2. The molecule has 30 heavy (non-hydrogen) atoms. The molecule has 3 aromatic rings. The van der Waals surface area contributed by atoms with E-state index < -0.39 is 10.0 Å². The van der Waals surface area contributed by atoms with Crippen molar-refractivity contribution in [3.63, 3.8) is 0 Å². The van der Waals surface area contributed by atoms with Crippen molar-refractivity contribution in [3.8, 4) is 0 Å². The van der Waals surface area contributed by atoms with Gasteiger partial charge in [-0.25, -0.2) is 18.2 Å². The van der Waals surface area contributed by atoms with Crippen molar-refractivity contribution in [2.75, 3.05) is 11.1 Å². The number of carbonyl (C=O) groups excluding carboxylic acids is 2. The normalized spacial score (nSPS) is 11.3. The molecule has 158 valence electrons. The van der Waals surface area contributed by atoms with Gasteiger partial charge in [0.25, 0.3) is 5.91 Å². The van der Waals surface area contributed by atoms with Crippen LogP contribution in [0.3, 0.4) is 0 Å². The van der Waals surface area contributed by atoms with Crippen molar-refractivity contribution in [3.05, 3.63) is 46.8 Å². The van der Waals surface area contributed by atoms with Crippen LogP contribution in [0.5, 0.6) is 0 Å². The number of aryl methyl sites for hydroxylation is 1. The van der Waals surface area contributed by atoms with Gasteiger partial charge in [0.05, 0.1) is 12.3 Å². The Balaban J connectivity index is 1.49. The average Bonchev–Trinajstić information content (AvgIpc) is 3.34. The third-order valence-corrected chi connectivity index (χ3v) is 7.22. The lowest BCUT2D eigenvalue weighted by molar-refractivity contribution is -0.113. The number of anilines is 1. The molecule has 0 radical (unpaired) electrons. The second kappa shape index (κ2) is 9.34. The highest BCUT2D eigenvalue weighted by Gasteiger charge is 2.13. The van der Waals surface area contributed by atoms with Crippen LogP contribution in [0.15, 0.2) is 45.8 Å². The second-order valence-electron chi connectivity index (χ2n) is 5.95. The largest absolute Gasteiger partial charge is 0.347 e. The quantitative estimate of drug-likeness (QED) is 0.405. The van der Waals surface area contributed by atoms with Crippen molar-refractivity contribution in [2.24, 2.45) is 12.2 Å². The Morgan fingerprint density at radius 2 is 1.93 bits per heavy atom. The molecule has 2 heterocycles. The van der Waals surface area contributed by atoms with E-state index >= 15 is 0 Å². The summed E-state index contributed by atoms with van der Waals surface area (Å²) in [6, 6.07) is 9.39. The summed E-state index contributed by atoms with van der Waals surface area (Å²) >= 11 is 2.20. The number of nitrogens with zero attached hydrogens (tertiary/aromatic N) is 4. The van der Waals surface area contributed by atoms with E-state index in [9.17, 15) is 18.0 Å². The van der Waals surface area contributed by atoms with Crippen LogP contribution < -0.4 is 15.8 Å². The van der Waals surface area contributed by atoms with Crippen LogP contribution in [0.1, 0.15) is 15.2 Å². The van der Waals surface area contributed by atoms with Crippen LogP contribution in [-0.4, -0.2) is 46.2 Å². The topological polar surface area (TPSA) is 162 Å². The van der Waals surface area contributed by atoms with Gasteiger partial charge in [0, 0.05) is 23.2 Å². The molecule has 11 nitrogen and oxygen atoms in total. The molecule has 0 unspecified atom stereocenters. The van der Waals surface area contributed by atoms with Crippen molar-refractivity contribution >= 4 is 50.6 Å². The monoisotopic (exact) mass is 467 g/mol. The molecule has 14 heteroatoms. The average molecular weight is 468 g/mol. The smallest absolute Gasteiger partial charge is 0.251 e. The zero-order valence-corrected chi connectivity index (χ0v) is 18.1. The lowest BCUT2D eigenvalue weighted by Gasteiger charge is -2.07. The number of nitrogens with one attached hydrogen (secondary N) is 2. The Bertz CT molecular complexity index is 1160. The molecule has 0 atom stereocenters. The molecule has 0 bridgehead atoms. The molecular formula is C16H17N7O4S3. The number of primary sulfonamides is 1. The minimum Gasteiger partial charge on any atom is -0.347 e. The fourth-order valence-corrected chi connectivity index (χ4v) is 4.62. The van der Waals surface area contributed by atoms with Crippen molar-refractivity contribution in [1.82, 2.24) is 25.5 Å². The fraction of sp³-hybridized carbons (Fsp3) is 0.188. The summed E-state index contributed by atoms with van der Waals surface area (Å²) in [4.78, 5) is 24.9. The van der Waals surface area contributed by atoms with E-state index in [2.05, 4.69) is 26.2 Å². The van der Waals surface area contributed by atoms with E-state index in [1.54, 1.807) is 37.4 Å². The van der Waals surface area contributed by atoms with E-state index in [-0.39, 0.29) is 28.3 Å². The fourth-order valence-electron chi connectivity index (χ4n) is 2.25. The molecule has 0 fully saturated rings. The molecule has 4 N–H and O–H groups in total. The number of hydrogen-bond donors (Lipinski definition) is 3. The van der Waals surface area contributed by atoms with Crippen LogP contribution in [0, 0.1) is 0 Å². The molecule has 0 saturated heterocycles. The first kappa shape index (κ1) is 21.9. The Kier molecular flexibility index (Phi) is 6.81. The molecule has 3 rings (SSSR count). The third kappa shape index (κ3) is 5.85. The predicted octanol–water partition coefficient (Wildman–Crippen LogP) is 0.580. The first-order valence-corrected chi connectivity index (χ1v) is 11.7. The van der Waals surface area contributed by atoms with Gasteiger partial charge in [0.15, 0.2) is 0 Å². The van der Waals surface area contributed by atoms with E-state index in [0.717, 1.165) is 11.3 Å². The Hall–Kier alpha value is -2.81. The third-order valence-electron chi connectivity index (χ3n) is 3.69. The molecule has 0 aliphatic heterocycles. The van der Waals surface area contributed by atoms with E-state index in [0.29, 0.717) is 21.3 Å². The minimum absolute atomic E-state index is 0.0421. The van der Waals surface area contributed by atoms with Gasteiger partial charge < -0.3 is 10.6 Å². The number of sulfonamides is 1. The standard InChI is InChI=1S/C16H17N7O4S3/c1-23-16(20-21-22-23)28-9-13(24)19-11-4-2-10(3-5-11)15(25)18-8-12-6-7-14(29-12)30(17,26)27/h2-7H,8-9H2,1H3,(H,18,25)(H,19,24)(H2,17,26,27). The number of aromatic nitrogens is 4. The van der Waals surface area contributed by atoms with Gasteiger partial charge in [-0.3, -0.25) is 9.59 Å². The number of thioether (sulfide) groups is 1. The predicted molar refractivity (Wildman–Crippen MR) is 111 cm³/mol. The molecule has 0 aliphatic rings. The Morgan fingerprint density at radius 3 is 2.53 bits per heavy atom. The van der Waals surface area contributed by atoms with Crippen LogP contribution in [0.25, 0.3) is 0 Å². The Morgan fingerprint density at radius 1 is 1.20 bits per heavy atom. The van der Waals surface area contributed by atoms with Crippen LogP contribution >= 0.6 is 23.1 Å². The van der Waals surface area contributed by atoms with Crippen molar-refractivity contribution in [1.29, 1.82) is 0 Å². The highest BCUT2D eigenvalue weighted by atomic mass is 32.2. The lowest BCUT2D eigenvalue weighted by atomic mass is 10.2. The molecule has 0 aliphatic carbocycles. The second-order valence-corrected chi connectivity index (χ2v) is 9.85. The molecular weight excluding hydrogens is 450 g/mol. The number of benzene rings is 1. The SMILES string of the molecule is Cn1nnnc1SCC(=O)Nc1ccc(C(=O)NCc2ccc(S(N)(=O)=O)s2)cc1. The first-order valence-electron chi connectivity index (χ1n) is 8.37. The first-order chi connectivity index (χ1) is 14.2. The number of amides is 2.